The van der Waals surface area contributed by atoms with Crippen LogP contribution in [0.25, 0.3) is 11.3 Å². The Morgan fingerprint density at radius 2 is 1.75 bits per heavy atom. The van der Waals surface area contributed by atoms with E-state index in [2.05, 4.69) is 51.6 Å². The van der Waals surface area contributed by atoms with Gasteiger partial charge in [-0.25, -0.2) is 0 Å². The zero-order valence-electron chi connectivity index (χ0n) is 19.0. The molecule has 1 aliphatic rings. The molecule has 0 bridgehead atoms. The standard InChI is InChI=1S/C25H31N5OS/c1-4-5-6-7-10-17-32-25-27-24-22(28-29-25)20-11-8-9-12-21(20)26-23(31-24)18-13-15-19(16-14-18)30(2)3/h8-9,11-16,23,26H,4-7,10,17H2,1-3H3/t23-/m1/s1. The second-order valence-electron chi connectivity index (χ2n) is 8.18. The van der Waals surface area contributed by atoms with E-state index < -0.39 is 0 Å². The Morgan fingerprint density at radius 3 is 2.53 bits per heavy atom. The third-order valence-corrected chi connectivity index (χ3v) is 6.45. The molecule has 0 amide bonds. The topological polar surface area (TPSA) is 63.2 Å². The van der Waals surface area contributed by atoms with Crippen LogP contribution in [-0.4, -0.2) is 35.0 Å². The van der Waals surface area contributed by atoms with Crippen molar-refractivity contribution in [2.75, 3.05) is 30.1 Å². The summed E-state index contributed by atoms with van der Waals surface area (Å²) < 4.78 is 6.37. The number of rotatable bonds is 9. The lowest BCUT2D eigenvalue weighted by Crippen LogP contribution is -2.17. The molecule has 0 spiro atoms. The number of hydrogen-bond donors (Lipinski definition) is 1. The van der Waals surface area contributed by atoms with E-state index in [1.54, 1.807) is 11.8 Å². The van der Waals surface area contributed by atoms with E-state index in [9.17, 15) is 0 Å². The van der Waals surface area contributed by atoms with Gasteiger partial charge in [0.05, 0.1) is 0 Å². The Kier molecular flexibility index (Phi) is 7.47. The van der Waals surface area contributed by atoms with E-state index >= 15 is 0 Å². The van der Waals surface area contributed by atoms with Crippen molar-refractivity contribution in [1.82, 2.24) is 15.2 Å². The third-order valence-electron chi connectivity index (χ3n) is 5.52. The molecule has 4 rings (SSSR count). The molecule has 0 saturated carbocycles. The molecule has 0 aliphatic carbocycles. The molecule has 1 aromatic heterocycles. The monoisotopic (exact) mass is 449 g/mol. The first-order valence-electron chi connectivity index (χ1n) is 11.3. The van der Waals surface area contributed by atoms with Crippen LogP contribution in [0.2, 0.25) is 0 Å². The highest BCUT2D eigenvalue weighted by Crippen LogP contribution is 2.39. The van der Waals surface area contributed by atoms with E-state index in [-0.39, 0.29) is 6.23 Å². The lowest BCUT2D eigenvalue weighted by molar-refractivity contribution is 0.225. The molecule has 7 heteroatoms. The van der Waals surface area contributed by atoms with Crippen molar-refractivity contribution in [2.24, 2.45) is 0 Å². The summed E-state index contributed by atoms with van der Waals surface area (Å²) in [5, 5.41) is 13.1. The smallest absolute Gasteiger partial charge is 0.247 e. The van der Waals surface area contributed by atoms with Gasteiger partial charge in [0.2, 0.25) is 11.0 Å². The largest absolute Gasteiger partial charge is 0.448 e. The number of para-hydroxylation sites is 1. The zero-order chi connectivity index (χ0) is 22.3. The molecule has 0 fully saturated rings. The quantitative estimate of drug-likeness (QED) is 0.309. The normalized spacial score (nSPS) is 14.5. The van der Waals surface area contributed by atoms with Crippen molar-refractivity contribution in [3.8, 4) is 17.1 Å². The van der Waals surface area contributed by atoms with Crippen molar-refractivity contribution in [3.05, 3.63) is 54.1 Å². The van der Waals surface area contributed by atoms with Crippen molar-refractivity contribution in [1.29, 1.82) is 0 Å². The molecule has 0 unspecified atom stereocenters. The molecule has 6 nitrogen and oxygen atoms in total. The second kappa shape index (κ2) is 10.7. The first kappa shape index (κ1) is 22.4. The van der Waals surface area contributed by atoms with Crippen LogP contribution >= 0.6 is 11.8 Å². The number of aromatic nitrogens is 3. The fourth-order valence-corrected chi connectivity index (χ4v) is 4.45. The second-order valence-corrected chi connectivity index (χ2v) is 9.25. The van der Waals surface area contributed by atoms with Gasteiger partial charge >= 0.3 is 0 Å². The number of fused-ring (bicyclic) bond motifs is 3. The minimum Gasteiger partial charge on any atom is -0.448 e. The maximum absolute atomic E-state index is 6.37. The van der Waals surface area contributed by atoms with Gasteiger partial charge in [-0.05, 0) is 24.6 Å². The number of nitrogens with one attached hydrogen (secondary N) is 1. The summed E-state index contributed by atoms with van der Waals surface area (Å²) in [7, 11) is 4.07. The van der Waals surface area contributed by atoms with Gasteiger partial charge in [-0.3, -0.25) is 0 Å². The maximum Gasteiger partial charge on any atom is 0.247 e. The van der Waals surface area contributed by atoms with E-state index in [4.69, 9.17) is 9.72 Å². The van der Waals surface area contributed by atoms with E-state index in [0.29, 0.717) is 16.7 Å². The van der Waals surface area contributed by atoms with E-state index in [1.807, 2.05) is 38.4 Å². The van der Waals surface area contributed by atoms with Crippen molar-refractivity contribution >= 4 is 23.1 Å². The molecule has 0 saturated heterocycles. The minimum absolute atomic E-state index is 0.364. The van der Waals surface area contributed by atoms with Gasteiger partial charge in [-0.1, -0.05) is 74.7 Å². The van der Waals surface area contributed by atoms with Gasteiger partial charge in [0.1, 0.15) is 0 Å². The van der Waals surface area contributed by atoms with Crippen molar-refractivity contribution < 1.29 is 4.74 Å². The summed E-state index contributed by atoms with van der Waals surface area (Å²) in [5.41, 5.74) is 4.76. The molecule has 2 aromatic carbocycles. The molecule has 168 valence electrons. The molecule has 1 atom stereocenters. The summed E-state index contributed by atoms with van der Waals surface area (Å²) in [5.74, 6) is 1.52. The predicted octanol–water partition coefficient (Wildman–Crippen LogP) is 6.17. The maximum atomic E-state index is 6.37. The Morgan fingerprint density at radius 1 is 0.969 bits per heavy atom. The Labute approximate surface area is 194 Å². The van der Waals surface area contributed by atoms with Crippen LogP contribution in [-0.2, 0) is 0 Å². The highest BCUT2D eigenvalue weighted by molar-refractivity contribution is 7.99. The molecule has 2 heterocycles. The van der Waals surface area contributed by atoms with Crippen LogP contribution in [0.3, 0.4) is 0 Å². The molecule has 3 aromatic rings. The summed E-state index contributed by atoms with van der Waals surface area (Å²) >= 11 is 1.65. The number of anilines is 2. The van der Waals surface area contributed by atoms with Gasteiger partial charge in [0.15, 0.2) is 11.9 Å². The predicted molar refractivity (Wildman–Crippen MR) is 133 cm³/mol. The fraction of sp³-hybridized carbons (Fsp3) is 0.400. The Bertz CT molecular complexity index is 1030. The number of nitrogens with zero attached hydrogens (tertiary/aromatic N) is 4. The summed E-state index contributed by atoms with van der Waals surface area (Å²) in [6.07, 6.45) is 5.91. The van der Waals surface area contributed by atoms with Crippen LogP contribution in [0.15, 0.2) is 53.7 Å². The number of benzene rings is 2. The Balaban J connectivity index is 1.56. The highest BCUT2D eigenvalue weighted by Gasteiger charge is 2.26. The van der Waals surface area contributed by atoms with Gasteiger partial charge in [0.25, 0.3) is 0 Å². The lowest BCUT2D eigenvalue weighted by Gasteiger charge is -2.20. The average Bonchev–Trinajstić information content (AvgIpc) is 2.98. The van der Waals surface area contributed by atoms with Crippen LogP contribution in [0.4, 0.5) is 11.4 Å². The van der Waals surface area contributed by atoms with E-state index in [1.165, 1.54) is 25.7 Å². The zero-order valence-corrected chi connectivity index (χ0v) is 19.9. The number of unbranched alkanes of at least 4 members (excludes halogenated alkanes) is 4. The van der Waals surface area contributed by atoms with Gasteiger partial charge in [0, 0.05) is 42.3 Å². The summed E-state index contributed by atoms with van der Waals surface area (Å²) in [6, 6.07) is 16.4. The highest BCUT2D eigenvalue weighted by atomic mass is 32.2. The van der Waals surface area contributed by atoms with Crippen LogP contribution in [0, 0.1) is 0 Å². The number of ether oxygens (including phenoxy) is 1. The third kappa shape index (κ3) is 5.33. The van der Waals surface area contributed by atoms with Gasteiger partial charge in [-0.15, -0.1) is 10.2 Å². The molecule has 1 N–H and O–H groups in total. The molecular weight excluding hydrogens is 418 g/mol. The number of hydrogen-bond acceptors (Lipinski definition) is 7. The Hall–Kier alpha value is -2.80. The van der Waals surface area contributed by atoms with Gasteiger partial charge in [-0.2, -0.15) is 4.98 Å². The first-order valence-corrected chi connectivity index (χ1v) is 12.3. The molecular formula is C25H31N5OS. The van der Waals surface area contributed by atoms with Crippen molar-refractivity contribution in [2.45, 2.75) is 50.4 Å². The van der Waals surface area contributed by atoms with Crippen LogP contribution in [0.5, 0.6) is 5.88 Å². The van der Waals surface area contributed by atoms with E-state index in [0.717, 1.165) is 34.7 Å². The molecule has 1 aliphatic heterocycles. The van der Waals surface area contributed by atoms with Crippen LogP contribution < -0.4 is 15.0 Å². The van der Waals surface area contributed by atoms with Crippen molar-refractivity contribution in [3.63, 3.8) is 0 Å². The van der Waals surface area contributed by atoms with Crippen LogP contribution in [0.1, 0.15) is 50.8 Å². The minimum atomic E-state index is -0.364. The first-order chi connectivity index (χ1) is 15.7. The summed E-state index contributed by atoms with van der Waals surface area (Å²) in [6.45, 7) is 2.24. The fourth-order valence-electron chi connectivity index (χ4n) is 3.68. The lowest BCUT2D eigenvalue weighted by atomic mass is 10.1. The summed E-state index contributed by atoms with van der Waals surface area (Å²) in [4.78, 5) is 6.83. The molecule has 32 heavy (non-hydrogen) atoms. The number of thioether (sulfide) groups is 1. The SMILES string of the molecule is CCCCCCCSc1nnc2c(n1)O[C@H](c1ccc(N(C)C)cc1)Nc1ccccc1-2. The average molecular weight is 450 g/mol. The molecule has 0 radical (unpaired) electrons. The van der Waals surface area contributed by atoms with Gasteiger partial charge < -0.3 is 15.0 Å².